The van der Waals surface area contributed by atoms with E-state index in [0.717, 1.165) is 23.7 Å². The molecule has 0 aliphatic carbocycles. The smallest absolute Gasteiger partial charge is 0.137 e. The van der Waals surface area contributed by atoms with Crippen LogP contribution in [0.1, 0.15) is 24.5 Å². The summed E-state index contributed by atoms with van der Waals surface area (Å²) in [7, 11) is 0. The van der Waals surface area contributed by atoms with Gasteiger partial charge in [-0.2, -0.15) is 0 Å². The van der Waals surface area contributed by atoms with E-state index in [-0.39, 0.29) is 11.2 Å². The lowest BCUT2D eigenvalue weighted by molar-refractivity contribution is 0.464. The first-order chi connectivity index (χ1) is 9.61. The Kier molecular flexibility index (Phi) is 5.39. The van der Waals surface area contributed by atoms with Crippen LogP contribution in [0, 0.1) is 5.82 Å². The predicted octanol–water partition coefficient (Wildman–Crippen LogP) is 5.87. The number of halogens is 3. The van der Waals surface area contributed by atoms with Crippen molar-refractivity contribution in [3.63, 3.8) is 0 Å². The molecule has 0 N–H and O–H groups in total. The van der Waals surface area contributed by atoms with Gasteiger partial charge >= 0.3 is 0 Å². The predicted molar refractivity (Wildman–Crippen MR) is 90.0 cm³/mol. The van der Waals surface area contributed by atoms with Crippen LogP contribution < -0.4 is 0 Å². The summed E-state index contributed by atoms with van der Waals surface area (Å²) in [6, 6.07) is 15.8. The molecule has 0 aromatic heterocycles. The summed E-state index contributed by atoms with van der Waals surface area (Å²) in [6.07, 6.45) is 1.91. The highest BCUT2D eigenvalue weighted by Gasteiger charge is 2.29. The molecule has 0 spiro atoms. The summed E-state index contributed by atoms with van der Waals surface area (Å²) in [5.41, 5.74) is 2.50. The molecule has 20 heavy (non-hydrogen) atoms. The second kappa shape index (κ2) is 6.86. The van der Waals surface area contributed by atoms with E-state index in [9.17, 15) is 4.39 Å². The maximum Gasteiger partial charge on any atom is 0.137 e. The lowest BCUT2D eigenvalue weighted by Crippen LogP contribution is -2.30. The van der Waals surface area contributed by atoms with Gasteiger partial charge in [0.1, 0.15) is 5.82 Å². The summed E-state index contributed by atoms with van der Waals surface area (Å²) in [4.78, 5) is 0. The molecule has 3 heteroatoms. The van der Waals surface area contributed by atoms with Gasteiger partial charge in [-0.3, -0.25) is 0 Å². The third-order valence-corrected chi connectivity index (χ3v) is 5.53. The first-order valence-corrected chi connectivity index (χ1v) is 8.58. The number of benzene rings is 2. The van der Waals surface area contributed by atoms with Crippen LogP contribution in [0.5, 0.6) is 0 Å². The molecule has 1 unspecified atom stereocenters. The van der Waals surface area contributed by atoms with Crippen LogP contribution in [-0.4, -0.2) is 5.33 Å². The number of hydrogen-bond acceptors (Lipinski definition) is 0. The summed E-state index contributed by atoms with van der Waals surface area (Å²) < 4.78 is 13.9. The van der Waals surface area contributed by atoms with E-state index in [0.29, 0.717) is 4.47 Å². The van der Waals surface area contributed by atoms with E-state index >= 15 is 0 Å². The Morgan fingerprint density at radius 1 is 1.10 bits per heavy atom. The Balaban J connectivity index is 2.36. The van der Waals surface area contributed by atoms with Crippen LogP contribution in [0.25, 0.3) is 0 Å². The van der Waals surface area contributed by atoms with Crippen LogP contribution in [0.3, 0.4) is 0 Å². The summed E-state index contributed by atoms with van der Waals surface area (Å²) in [6.45, 7) is 2.20. The SMILES string of the molecule is CCC(CBr)(Cc1ccc(F)c(Br)c1)c1ccccc1. The minimum absolute atomic E-state index is 0.0402. The van der Waals surface area contributed by atoms with Gasteiger partial charge in [0.2, 0.25) is 0 Å². The lowest BCUT2D eigenvalue weighted by atomic mass is 9.75. The average molecular weight is 400 g/mol. The molecule has 2 aromatic rings. The molecule has 0 amide bonds. The Labute approximate surface area is 136 Å². The molecule has 0 saturated carbocycles. The molecule has 0 nitrogen and oxygen atoms in total. The first-order valence-electron chi connectivity index (χ1n) is 6.67. The molecular formula is C17H17Br2F. The van der Waals surface area contributed by atoms with Crippen LogP contribution >= 0.6 is 31.9 Å². The number of alkyl halides is 1. The molecular weight excluding hydrogens is 383 g/mol. The topological polar surface area (TPSA) is 0 Å². The van der Waals surface area contributed by atoms with Crippen LogP contribution in [0.2, 0.25) is 0 Å². The van der Waals surface area contributed by atoms with Crippen molar-refractivity contribution in [1.29, 1.82) is 0 Å². The van der Waals surface area contributed by atoms with Gasteiger partial charge in [-0.1, -0.05) is 59.3 Å². The molecule has 2 aromatic carbocycles. The summed E-state index contributed by atoms with van der Waals surface area (Å²) in [5, 5.41) is 0.884. The van der Waals surface area contributed by atoms with Gasteiger partial charge in [0, 0.05) is 10.7 Å². The van der Waals surface area contributed by atoms with Crippen molar-refractivity contribution in [2.75, 3.05) is 5.33 Å². The van der Waals surface area contributed by atoms with E-state index in [2.05, 4.69) is 63.0 Å². The highest BCUT2D eigenvalue weighted by molar-refractivity contribution is 9.10. The normalized spacial score (nSPS) is 14.0. The molecule has 0 saturated heterocycles. The van der Waals surface area contributed by atoms with Gasteiger partial charge in [0.15, 0.2) is 0 Å². The van der Waals surface area contributed by atoms with Crippen LogP contribution in [0.15, 0.2) is 53.0 Å². The van der Waals surface area contributed by atoms with Gasteiger partial charge in [0.25, 0.3) is 0 Å². The molecule has 0 heterocycles. The van der Waals surface area contributed by atoms with E-state index in [1.165, 1.54) is 11.6 Å². The largest absolute Gasteiger partial charge is 0.206 e. The van der Waals surface area contributed by atoms with Crippen molar-refractivity contribution in [2.24, 2.45) is 0 Å². The van der Waals surface area contributed by atoms with E-state index in [1.54, 1.807) is 0 Å². The van der Waals surface area contributed by atoms with Crippen molar-refractivity contribution < 1.29 is 4.39 Å². The Hall–Kier alpha value is -0.670. The molecule has 0 aliphatic heterocycles. The number of hydrogen-bond donors (Lipinski definition) is 0. The van der Waals surface area contributed by atoms with Gasteiger partial charge < -0.3 is 0 Å². The average Bonchev–Trinajstić information content (AvgIpc) is 2.49. The summed E-state index contributed by atoms with van der Waals surface area (Å²) >= 11 is 6.94. The van der Waals surface area contributed by atoms with Gasteiger partial charge in [-0.05, 0) is 52.0 Å². The summed E-state index contributed by atoms with van der Waals surface area (Å²) in [5.74, 6) is -0.214. The standard InChI is InChI=1S/C17H17Br2F/c1-2-17(12-18,14-6-4-3-5-7-14)11-13-8-9-16(20)15(19)10-13/h3-10H,2,11-12H2,1H3. The van der Waals surface area contributed by atoms with Crippen molar-refractivity contribution in [3.8, 4) is 0 Å². The zero-order chi connectivity index (χ0) is 14.6. The van der Waals surface area contributed by atoms with Crippen LogP contribution in [-0.2, 0) is 11.8 Å². The minimum Gasteiger partial charge on any atom is -0.206 e. The molecule has 0 fully saturated rings. The fraction of sp³-hybridized carbons (Fsp3) is 0.294. The minimum atomic E-state index is -0.214. The third kappa shape index (κ3) is 3.32. The second-order valence-electron chi connectivity index (χ2n) is 5.06. The maximum absolute atomic E-state index is 13.4. The molecule has 0 bridgehead atoms. The zero-order valence-electron chi connectivity index (χ0n) is 11.4. The van der Waals surface area contributed by atoms with Gasteiger partial charge in [0.05, 0.1) is 4.47 Å². The fourth-order valence-corrected chi connectivity index (χ4v) is 3.83. The lowest BCUT2D eigenvalue weighted by Gasteiger charge is -2.32. The fourth-order valence-electron chi connectivity index (χ4n) is 2.48. The monoisotopic (exact) mass is 398 g/mol. The second-order valence-corrected chi connectivity index (χ2v) is 6.47. The van der Waals surface area contributed by atoms with Gasteiger partial charge in [-0.15, -0.1) is 0 Å². The van der Waals surface area contributed by atoms with E-state index in [1.807, 2.05) is 18.2 Å². The van der Waals surface area contributed by atoms with Crippen LogP contribution in [0.4, 0.5) is 4.39 Å². The molecule has 106 valence electrons. The molecule has 0 radical (unpaired) electrons. The highest BCUT2D eigenvalue weighted by atomic mass is 79.9. The first kappa shape index (κ1) is 15.7. The highest BCUT2D eigenvalue weighted by Crippen LogP contribution is 2.34. The Bertz CT molecular complexity index is 562. The van der Waals surface area contributed by atoms with E-state index in [4.69, 9.17) is 0 Å². The van der Waals surface area contributed by atoms with E-state index < -0.39 is 0 Å². The van der Waals surface area contributed by atoms with Crippen molar-refractivity contribution in [1.82, 2.24) is 0 Å². The molecule has 2 rings (SSSR count). The molecule has 1 atom stereocenters. The Morgan fingerprint density at radius 3 is 2.35 bits per heavy atom. The maximum atomic E-state index is 13.4. The zero-order valence-corrected chi connectivity index (χ0v) is 14.5. The van der Waals surface area contributed by atoms with Crippen molar-refractivity contribution in [2.45, 2.75) is 25.2 Å². The third-order valence-electron chi connectivity index (χ3n) is 3.85. The number of rotatable bonds is 5. The van der Waals surface area contributed by atoms with Crippen molar-refractivity contribution >= 4 is 31.9 Å². The molecule has 0 aliphatic rings. The van der Waals surface area contributed by atoms with Gasteiger partial charge in [-0.25, -0.2) is 4.39 Å². The Morgan fingerprint density at radius 2 is 1.80 bits per heavy atom. The quantitative estimate of drug-likeness (QED) is 0.551. The van der Waals surface area contributed by atoms with Crippen molar-refractivity contribution in [3.05, 3.63) is 69.9 Å².